The lowest BCUT2D eigenvalue weighted by Gasteiger charge is -2.45. The average molecular weight is 981 g/mol. The van der Waals surface area contributed by atoms with Crippen LogP contribution in [-0.4, -0.2) is 13.5 Å². The molecule has 0 N–H and O–H groups in total. The van der Waals surface area contributed by atoms with Gasteiger partial charge in [-0.1, -0.05) is 172 Å². The Balaban J connectivity index is 1.10. The highest BCUT2D eigenvalue weighted by atomic mass is 32.1. The highest BCUT2D eigenvalue weighted by Gasteiger charge is 2.45. The zero-order valence-corrected chi connectivity index (χ0v) is 45.0. The highest BCUT2D eigenvalue weighted by Crippen LogP contribution is 2.51. The number of fused-ring (bicyclic) bond motifs is 8. The molecule has 0 saturated heterocycles. The summed E-state index contributed by atoms with van der Waals surface area (Å²) < 4.78 is 15.1. The standard InChI is InChI=1S/C68H61BN2O2S/c1-41-32-59-64-60(33-41)71(58-15-13-16-61-65(58)73-40-72-61)57-31-28-50(68(8,9)10)39-55(57)69(64)54-37-44(45-22-29-53-52-14-11-12-17-62(52)74-63(53)38-45)23-30-56(54)70(59)51-35-46(42-18-24-48(25-19-42)66(2,3)4)34-47(36-51)43-20-26-49(27-21-43)67(5,6)7/h11-39H,40H2,1-10H3. The summed E-state index contributed by atoms with van der Waals surface area (Å²) in [6.45, 7) is 23.0. The van der Waals surface area contributed by atoms with Gasteiger partial charge in [0.05, 0.1) is 5.69 Å². The summed E-state index contributed by atoms with van der Waals surface area (Å²) in [6.07, 6.45) is 0. The molecule has 10 aromatic rings. The third kappa shape index (κ3) is 7.63. The molecule has 0 bridgehead atoms. The van der Waals surface area contributed by atoms with Crippen LogP contribution < -0.4 is 35.7 Å². The van der Waals surface area contributed by atoms with Crippen molar-refractivity contribution in [3.8, 4) is 44.9 Å². The van der Waals surface area contributed by atoms with Crippen molar-refractivity contribution in [3.63, 3.8) is 0 Å². The normalized spacial score (nSPS) is 13.9. The first kappa shape index (κ1) is 46.3. The molecule has 13 rings (SSSR count). The molecule has 0 amide bonds. The number of thiophene rings is 1. The van der Waals surface area contributed by atoms with Crippen molar-refractivity contribution in [2.45, 2.75) is 85.5 Å². The largest absolute Gasteiger partial charge is 0.454 e. The van der Waals surface area contributed by atoms with E-state index in [4.69, 9.17) is 9.47 Å². The van der Waals surface area contributed by atoms with E-state index < -0.39 is 0 Å². The molecule has 74 heavy (non-hydrogen) atoms. The number of benzene rings is 9. The summed E-state index contributed by atoms with van der Waals surface area (Å²) in [4.78, 5) is 5.03. The molecule has 364 valence electrons. The van der Waals surface area contributed by atoms with Crippen molar-refractivity contribution < 1.29 is 9.47 Å². The number of anilines is 6. The van der Waals surface area contributed by atoms with Crippen molar-refractivity contribution in [2.75, 3.05) is 16.6 Å². The average Bonchev–Trinajstić information content (AvgIpc) is 4.03. The van der Waals surface area contributed by atoms with Crippen LogP contribution in [0.3, 0.4) is 0 Å². The third-order valence-corrected chi connectivity index (χ3v) is 16.9. The fourth-order valence-electron chi connectivity index (χ4n) is 11.7. The number of aryl methyl sites for hydroxylation is 1. The molecule has 3 aliphatic heterocycles. The lowest BCUT2D eigenvalue weighted by atomic mass is 9.33. The van der Waals surface area contributed by atoms with Crippen LogP contribution in [0.2, 0.25) is 0 Å². The van der Waals surface area contributed by atoms with Crippen LogP contribution in [0.1, 0.15) is 84.6 Å². The number of hydrogen-bond donors (Lipinski definition) is 0. The zero-order valence-electron chi connectivity index (χ0n) is 44.1. The maximum Gasteiger partial charge on any atom is 0.252 e. The van der Waals surface area contributed by atoms with E-state index in [2.05, 4.69) is 249 Å². The molecule has 4 heterocycles. The van der Waals surface area contributed by atoms with Gasteiger partial charge >= 0.3 is 0 Å². The summed E-state index contributed by atoms with van der Waals surface area (Å²) in [7, 11) is 0. The molecule has 0 aliphatic carbocycles. The van der Waals surface area contributed by atoms with E-state index in [0.717, 1.165) is 34.2 Å². The van der Waals surface area contributed by atoms with Crippen molar-refractivity contribution in [1.29, 1.82) is 0 Å². The van der Waals surface area contributed by atoms with E-state index in [0.29, 0.717) is 0 Å². The number of rotatable bonds is 5. The molecule has 6 heteroatoms. The maximum absolute atomic E-state index is 6.37. The quantitative estimate of drug-likeness (QED) is 0.160. The molecule has 0 unspecified atom stereocenters. The minimum Gasteiger partial charge on any atom is -0.454 e. The summed E-state index contributed by atoms with van der Waals surface area (Å²) in [6, 6.07) is 67.1. The highest BCUT2D eigenvalue weighted by molar-refractivity contribution is 7.25. The van der Waals surface area contributed by atoms with Gasteiger partial charge in [-0.2, -0.15) is 0 Å². The van der Waals surface area contributed by atoms with Crippen LogP contribution in [-0.2, 0) is 16.2 Å². The molecule has 1 aromatic heterocycles. The van der Waals surface area contributed by atoms with Crippen molar-refractivity contribution >= 4 is 88.7 Å². The first-order valence-corrected chi connectivity index (χ1v) is 27.0. The fourth-order valence-corrected chi connectivity index (χ4v) is 12.9. The van der Waals surface area contributed by atoms with Gasteiger partial charge in [0.1, 0.15) is 0 Å². The van der Waals surface area contributed by atoms with Gasteiger partial charge in [-0.25, -0.2) is 0 Å². The third-order valence-electron chi connectivity index (χ3n) is 15.7. The molecular weight excluding hydrogens is 920 g/mol. The Morgan fingerprint density at radius 3 is 1.65 bits per heavy atom. The number of ether oxygens (including phenoxy) is 2. The van der Waals surface area contributed by atoms with Gasteiger partial charge in [-0.3, -0.25) is 0 Å². The predicted octanol–water partition coefficient (Wildman–Crippen LogP) is 17.1. The molecule has 9 aromatic carbocycles. The second-order valence-corrected chi connectivity index (χ2v) is 24.9. The molecule has 0 radical (unpaired) electrons. The molecule has 0 fully saturated rings. The Labute approximate surface area is 440 Å². The molecule has 0 spiro atoms. The molecule has 4 nitrogen and oxygen atoms in total. The van der Waals surface area contributed by atoms with Crippen LogP contribution in [0, 0.1) is 6.92 Å². The van der Waals surface area contributed by atoms with E-state index in [-0.39, 0.29) is 29.8 Å². The van der Waals surface area contributed by atoms with E-state index in [1.807, 2.05) is 17.4 Å². The minimum atomic E-state index is -0.0841. The molecule has 3 aliphatic rings. The van der Waals surface area contributed by atoms with Gasteiger partial charge in [0.2, 0.25) is 6.79 Å². The molecule has 0 atom stereocenters. The first-order chi connectivity index (χ1) is 35.5. The van der Waals surface area contributed by atoms with Gasteiger partial charge < -0.3 is 19.3 Å². The topological polar surface area (TPSA) is 24.9 Å². The Hall–Kier alpha value is -7.54. The van der Waals surface area contributed by atoms with Crippen molar-refractivity contribution in [1.82, 2.24) is 0 Å². The van der Waals surface area contributed by atoms with Gasteiger partial charge in [0.15, 0.2) is 11.5 Å². The Bertz CT molecular complexity index is 3830. The number of para-hydroxylation sites is 1. The molecule has 0 saturated carbocycles. The number of nitrogens with zero attached hydrogens (tertiary/aromatic N) is 2. The lowest BCUT2D eigenvalue weighted by Crippen LogP contribution is -2.61. The second kappa shape index (κ2) is 16.7. The van der Waals surface area contributed by atoms with E-state index in [1.54, 1.807) is 0 Å². The summed E-state index contributed by atoms with van der Waals surface area (Å²) in [5, 5.41) is 2.62. The predicted molar refractivity (Wildman–Crippen MR) is 317 cm³/mol. The monoisotopic (exact) mass is 980 g/mol. The van der Waals surface area contributed by atoms with Crippen molar-refractivity contribution in [2.24, 2.45) is 0 Å². The van der Waals surface area contributed by atoms with Crippen LogP contribution in [0.25, 0.3) is 53.6 Å². The maximum atomic E-state index is 6.37. The Morgan fingerprint density at radius 2 is 0.973 bits per heavy atom. The van der Waals surface area contributed by atoms with Crippen LogP contribution >= 0.6 is 11.3 Å². The lowest BCUT2D eigenvalue weighted by molar-refractivity contribution is 0.174. The SMILES string of the molecule is Cc1cc2c3c(c1)N(c1cccc4c1OCO4)c1ccc(C(C)(C)C)cc1B3c1cc(-c3ccc4c(c3)sc3ccccc34)ccc1N2c1cc(-c2ccc(C(C)(C)C)cc2)cc(-c2ccc(C(C)(C)C)cc2)c1. The first-order valence-electron chi connectivity index (χ1n) is 26.2. The zero-order chi connectivity index (χ0) is 51.0. The van der Waals surface area contributed by atoms with Crippen LogP contribution in [0.4, 0.5) is 34.1 Å². The van der Waals surface area contributed by atoms with Gasteiger partial charge in [0, 0.05) is 48.6 Å². The fraction of sp³-hybridized carbons (Fsp3) is 0.206. The summed E-state index contributed by atoms with van der Waals surface area (Å²) >= 11 is 1.88. The smallest absolute Gasteiger partial charge is 0.252 e. The minimum absolute atomic E-state index is 0.0419. The Morgan fingerprint density at radius 1 is 0.419 bits per heavy atom. The van der Waals surface area contributed by atoms with Gasteiger partial charge in [-0.15, -0.1) is 11.3 Å². The second-order valence-electron chi connectivity index (χ2n) is 23.9. The summed E-state index contributed by atoms with van der Waals surface area (Å²) in [5.41, 5.74) is 22.8. The van der Waals surface area contributed by atoms with Crippen LogP contribution in [0.5, 0.6) is 11.5 Å². The van der Waals surface area contributed by atoms with Crippen molar-refractivity contribution in [3.05, 3.63) is 198 Å². The number of hydrogen-bond acceptors (Lipinski definition) is 5. The van der Waals surface area contributed by atoms with E-state index >= 15 is 0 Å². The Kier molecular flexibility index (Phi) is 10.5. The van der Waals surface area contributed by atoms with E-state index in [1.165, 1.54) is 104 Å². The van der Waals surface area contributed by atoms with E-state index in [9.17, 15) is 0 Å². The summed E-state index contributed by atoms with van der Waals surface area (Å²) in [5.74, 6) is 1.54. The van der Waals surface area contributed by atoms with Crippen LogP contribution in [0.15, 0.2) is 176 Å². The van der Waals surface area contributed by atoms with Gasteiger partial charge in [-0.05, 0) is 162 Å². The van der Waals surface area contributed by atoms with Gasteiger partial charge in [0.25, 0.3) is 6.71 Å². The molecular formula is C68H61BN2O2S.